The topological polar surface area (TPSA) is 95.2 Å². The standard InChI is InChI=1S/C18H17N3O4S2/c1-10-11(2)27-18-16(10)17(19-12(3)20-18)26-9-15(22)25-8-13-4-6-14(7-5-13)21(23)24/h4-7H,8-9H2,1-3H3. The summed E-state index contributed by atoms with van der Waals surface area (Å²) in [4.78, 5) is 33.3. The highest BCUT2D eigenvalue weighted by molar-refractivity contribution is 8.00. The van der Waals surface area contributed by atoms with E-state index in [9.17, 15) is 14.9 Å². The molecule has 140 valence electrons. The highest BCUT2D eigenvalue weighted by atomic mass is 32.2. The van der Waals surface area contributed by atoms with E-state index in [-0.39, 0.29) is 24.0 Å². The molecule has 0 atom stereocenters. The van der Waals surface area contributed by atoms with Gasteiger partial charge in [-0.15, -0.1) is 11.3 Å². The average molecular weight is 403 g/mol. The van der Waals surface area contributed by atoms with Crippen molar-refractivity contribution in [2.45, 2.75) is 32.4 Å². The zero-order valence-corrected chi connectivity index (χ0v) is 16.6. The molecule has 0 aliphatic heterocycles. The predicted octanol–water partition coefficient (Wildman–Crippen LogP) is 4.36. The van der Waals surface area contributed by atoms with E-state index in [1.807, 2.05) is 20.8 Å². The number of nitro groups is 1. The van der Waals surface area contributed by atoms with Crippen molar-refractivity contribution >= 4 is 45.0 Å². The predicted molar refractivity (Wildman–Crippen MR) is 105 cm³/mol. The number of ether oxygens (including phenoxy) is 1. The Labute approximate surface area is 163 Å². The Balaban J connectivity index is 1.62. The lowest BCUT2D eigenvalue weighted by Gasteiger charge is -2.06. The van der Waals surface area contributed by atoms with Gasteiger partial charge < -0.3 is 4.74 Å². The summed E-state index contributed by atoms with van der Waals surface area (Å²) in [7, 11) is 0. The maximum Gasteiger partial charge on any atom is 0.316 e. The van der Waals surface area contributed by atoms with Crippen molar-refractivity contribution in [2.24, 2.45) is 0 Å². The summed E-state index contributed by atoms with van der Waals surface area (Å²) in [5, 5.41) is 12.4. The van der Waals surface area contributed by atoms with E-state index in [0.29, 0.717) is 11.4 Å². The lowest BCUT2D eigenvalue weighted by atomic mass is 10.2. The van der Waals surface area contributed by atoms with Gasteiger partial charge in [0, 0.05) is 22.4 Å². The molecule has 7 nitrogen and oxygen atoms in total. The Kier molecular flexibility index (Phi) is 5.71. The van der Waals surface area contributed by atoms with Crippen LogP contribution in [0.2, 0.25) is 0 Å². The van der Waals surface area contributed by atoms with Crippen LogP contribution in [-0.2, 0) is 16.1 Å². The van der Waals surface area contributed by atoms with E-state index < -0.39 is 4.92 Å². The fraction of sp³-hybridized carbons (Fsp3) is 0.278. The van der Waals surface area contributed by atoms with Crippen molar-refractivity contribution < 1.29 is 14.5 Å². The van der Waals surface area contributed by atoms with Crippen LogP contribution in [0.4, 0.5) is 5.69 Å². The minimum atomic E-state index is -0.467. The molecule has 0 aliphatic carbocycles. The summed E-state index contributed by atoms with van der Waals surface area (Å²) in [5.74, 6) is 0.435. The number of hydrogen-bond acceptors (Lipinski definition) is 8. The molecule has 1 aromatic carbocycles. The van der Waals surface area contributed by atoms with Crippen molar-refractivity contribution in [1.29, 1.82) is 0 Å². The molecule has 2 aromatic heterocycles. The van der Waals surface area contributed by atoms with Gasteiger partial charge in [0.2, 0.25) is 0 Å². The van der Waals surface area contributed by atoms with Gasteiger partial charge in [-0.1, -0.05) is 11.8 Å². The second-order valence-corrected chi connectivity index (χ2v) is 8.08. The molecule has 3 aromatic rings. The number of carbonyl (C=O) groups is 1. The van der Waals surface area contributed by atoms with Gasteiger partial charge in [0.15, 0.2) is 0 Å². The number of aromatic nitrogens is 2. The number of carbonyl (C=O) groups excluding carboxylic acids is 1. The Hall–Kier alpha value is -2.52. The Morgan fingerprint density at radius 1 is 1.22 bits per heavy atom. The smallest absolute Gasteiger partial charge is 0.316 e. The molecular weight excluding hydrogens is 386 g/mol. The molecule has 2 heterocycles. The van der Waals surface area contributed by atoms with Gasteiger partial charge in [-0.2, -0.15) is 0 Å². The third-order valence-electron chi connectivity index (χ3n) is 3.98. The fourth-order valence-electron chi connectivity index (χ4n) is 2.47. The van der Waals surface area contributed by atoms with Crippen LogP contribution in [0.25, 0.3) is 10.2 Å². The van der Waals surface area contributed by atoms with E-state index in [0.717, 1.165) is 20.8 Å². The zero-order chi connectivity index (χ0) is 19.6. The Bertz CT molecular complexity index is 1020. The van der Waals surface area contributed by atoms with Crippen LogP contribution in [0, 0.1) is 30.9 Å². The van der Waals surface area contributed by atoms with Gasteiger partial charge in [-0.3, -0.25) is 14.9 Å². The highest BCUT2D eigenvalue weighted by Crippen LogP contribution is 2.35. The van der Waals surface area contributed by atoms with E-state index >= 15 is 0 Å². The molecule has 3 rings (SSSR count). The van der Waals surface area contributed by atoms with Gasteiger partial charge in [0.1, 0.15) is 22.3 Å². The van der Waals surface area contributed by atoms with E-state index in [2.05, 4.69) is 9.97 Å². The fourth-order valence-corrected chi connectivity index (χ4v) is 4.53. The minimum Gasteiger partial charge on any atom is -0.460 e. The number of non-ortho nitro benzene ring substituents is 1. The lowest BCUT2D eigenvalue weighted by molar-refractivity contribution is -0.384. The molecule has 0 fully saturated rings. The molecule has 0 amide bonds. The Morgan fingerprint density at radius 2 is 1.93 bits per heavy atom. The first kappa shape index (κ1) is 19.2. The van der Waals surface area contributed by atoms with Crippen molar-refractivity contribution in [3.05, 3.63) is 56.2 Å². The molecular formula is C18H17N3O4S2. The molecule has 0 bridgehead atoms. The molecule has 0 unspecified atom stereocenters. The first-order chi connectivity index (χ1) is 12.8. The first-order valence-electron chi connectivity index (χ1n) is 8.11. The second kappa shape index (κ2) is 8.01. The molecule has 0 saturated carbocycles. The van der Waals surface area contributed by atoms with Crippen molar-refractivity contribution in [1.82, 2.24) is 9.97 Å². The van der Waals surface area contributed by atoms with Gasteiger partial charge in [0.25, 0.3) is 5.69 Å². The number of nitrogens with zero attached hydrogens (tertiary/aromatic N) is 3. The summed E-state index contributed by atoms with van der Waals surface area (Å²) in [5.41, 5.74) is 1.84. The normalized spacial score (nSPS) is 10.9. The molecule has 0 N–H and O–H groups in total. The largest absolute Gasteiger partial charge is 0.460 e. The number of fused-ring (bicyclic) bond motifs is 1. The first-order valence-corrected chi connectivity index (χ1v) is 9.91. The number of benzene rings is 1. The summed E-state index contributed by atoms with van der Waals surface area (Å²) < 4.78 is 5.26. The van der Waals surface area contributed by atoms with Crippen LogP contribution in [0.3, 0.4) is 0 Å². The number of nitro benzene ring substituents is 1. The van der Waals surface area contributed by atoms with E-state index in [4.69, 9.17) is 4.74 Å². The minimum absolute atomic E-state index is 0.00482. The lowest BCUT2D eigenvalue weighted by Crippen LogP contribution is -2.08. The SMILES string of the molecule is Cc1nc(SCC(=O)OCc2ccc([N+](=O)[O-])cc2)c2c(C)c(C)sc2n1. The number of esters is 1. The Morgan fingerprint density at radius 3 is 2.59 bits per heavy atom. The van der Waals surface area contributed by atoms with Gasteiger partial charge in [0.05, 0.1) is 10.7 Å². The van der Waals surface area contributed by atoms with Crippen LogP contribution in [-0.4, -0.2) is 26.6 Å². The second-order valence-electron chi connectivity index (χ2n) is 5.91. The molecule has 0 spiro atoms. The molecule has 0 aliphatic rings. The number of thiophene rings is 1. The van der Waals surface area contributed by atoms with Gasteiger partial charge >= 0.3 is 5.97 Å². The summed E-state index contributed by atoms with van der Waals surface area (Å²) in [6, 6.07) is 5.93. The third kappa shape index (κ3) is 4.42. The molecule has 9 heteroatoms. The highest BCUT2D eigenvalue weighted by Gasteiger charge is 2.15. The van der Waals surface area contributed by atoms with Crippen LogP contribution < -0.4 is 0 Å². The monoisotopic (exact) mass is 403 g/mol. The van der Waals surface area contributed by atoms with Crippen LogP contribution >= 0.6 is 23.1 Å². The summed E-state index contributed by atoms with van der Waals surface area (Å²) in [6.07, 6.45) is 0. The van der Waals surface area contributed by atoms with E-state index in [1.165, 1.54) is 28.8 Å². The van der Waals surface area contributed by atoms with E-state index in [1.54, 1.807) is 23.5 Å². The number of hydrogen-bond donors (Lipinski definition) is 0. The quantitative estimate of drug-likeness (QED) is 0.198. The maximum atomic E-state index is 12.1. The van der Waals surface area contributed by atoms with Crippen molar-refractivity contribution in [3.63, 3.8) is 0 Å². The van der Waals surface area contributed by atoms with Crippen LogP contribution in [0.15, 0.2) is 29.3 Å². The molecule has 0 saturated heterocycles. The maximum absolute atomic E-state index is 12.1. The zero-order valence-electron chi connectivity index (χ0n) is 15.0. The van der Waals surface area contributed by atoms with Crippen molar-refractivity contribution in [3.8, 4) is 0 Å². The number of aryl methyl sites for hydroxylation is 3. The van der Waals surface area contributed by atoms with Gasteiger partial charge in [-0.25, -0.2) is 9.97 Å². The molecule has 27 heavy (non-hydrogen) atoms. The number of rotatable bonds is 6. The number of thioether (sulfide) groups is 1. The van der Waals surface area contributed by atoms with Crippen LogP contribution in [0.1, 0.15) is 21.8 Å². The summed E-state index contributed by atoms with van der Waals surface area (Å²) in [6.45, 7) is 5.99. The molecule has 0 radical (unpaired) electrons. The van der Waals surface area contributed by atoms with Gasteiger partial charge in [-0.05, 0) is 44.0 Å². The summed E-state index contributed by atoms with van der Waals surface area (Å²) >= 11 is 2.96. The average Bonchev–Trinajstić information content (AvgIpc) is 2.92. The van der Waals surface area contributed by atoms with Crippen LogP contribution in [0.5, 0.6) is 0 Å². The third-order valence-corrected chi connectivity index (χ3v) is 6.03. The van der Waals surface area contributed by atoms with Crippen molar-refractivity contribution in [2.75, 3.05) is 5.75 Å².